The molecule has 0 amide bonds. The second-order valence-corrected chi connectivity index (χ2v) is 6.34. The van der Waals surface area contributed by atoms with Crippen molar-refractivity contribution in [3.63, 3.8) is 0 Å². The Bertz CT molecular complexity index is 527. The number of pyridine rings is 1. The predicted molar refractivity (Wildman–Crippen MR) is 82.9 cm³/mol. The van der Waals surface area contributed by atoms with Gasteiger partial charge in [-0.2, -0.15) is 0 Å². The van der Waals surface area contributed by atoms with E-state index in [9.17, 15) is 0 Å². The van der Waals surface area contributed by atoms with E-state index in [0.29, 0.717) is 0 Å². The summed E-state index contributed by atoms with van der Waals surface area (Å²) in [7, 11) is 0. The molecule has 1 aliphatic heterocycles. The van der Waals surface area contributed by atoms with E-state index >= 15 is 0 Å². The number of nitrogens with zero attached hydrogens (tertiary/aromatic N) is 3. The smallest absolute Gasteiger partial charge is 0.180 e. The van der Waals surface area contributed by atoms with E-state index < -0.39 is 0 Å². The van der Waals surface area contributed by atoms with Gasteiger partial charge >= 0.3 is 0 Å². The summed E-state index contributed by atoms with van der Waals surface area (Å²) in [4.78, 5) is 12.5. The van der Waals surface area contributed by atoms with Gasteiger partial charge in [-0.15, -0.1) is 11.3 Å². The molecule has 2 aromatic rings. The number of nitrogens with two attached hydrogens (primary N) is 1. The minimum absolute atomic E-state index is 0.722. The molecule has 0 bridgehead atoms. The van der Waals surface area contributed by atoms with Crippen LogP contribution in [0.5, 0.6) is 0 Å². The SMILES string of the molecule is Nc1nc2c(s1)CCN(CCCc1cccnc1)CC2. The van der Waals surface area contributed by atoms with Crippen molar-refractivity contribution >= 4 is 16.5 Å². The van der Waals surface area contributed by atoms with Crippen LogP contribution >= 0.6 is 11.3 Å². The van der Waals surface area contributed by atoms with Crippen LogP contribution in [-0.2, 0) is 19.3 Å². The van der Waals surface area contributed by atoms with Crippen molar-refractivity contribution in [1.29, 1.82) is 0 Å². The molecule has 5 heteroatoms. The van der Waals surface area contributed by atoms with E-state index in [2.05, 4.69) is 20.9 Å². The standard InChI is InChI=1S/C15H20N4S/c16-15-18-13-5-9-19(10-6-14(13)20-15)8-2-4-12-3-1-7-17-11-12/h1,3,7,11H,2,4-6,8-10H2,(H2,16,18). The van der Waals surface area contributed by atoms with E-state index in [1.54, 1.807) is 11.3 Å². The van der Waals surface area contributed by atoms with Crippen LogP contribution in [0.25, 0.3) is 0 Å². The van der Waals surface area contributed by atoms with Crippen molar-refractivity contribution in [2.24, 2.45) is 0 Å². The van der Waals surface area contributed by atoms with Gasteiger partial charge in [-0.1, -0.05) is 6.07 Å². The third-order valence-electron chi connectivity index (χ3n) is 3.78. The second-order valence-electron chi connectivity index (χ2n) is 5.23. The minimum atomic E-state index is 0.722. The molecule has 0 unspecified atom stereocenters. The summed E-state index contributed by atoms with van der Waals surface area (Å²) >= 11 is 1.66. The summed E-state index contributed by atoms with van der Waals surface area (Å²) in [6.45, 7) is 3.38. The van der Waals surface area contributed by atoms with E-state index in [1.807, 2.05) is 18.5 Å². The van der Waals surface area contributed by atoms with Gasteiger partial charge in [-0.25, -0.2) is 4.98 Å². The molecule has 106 valence electrons. The van der Waals surface area contributed by atoms with Gasteiger partial charge in [0.1, 0.15) is 0 Å². The molecule has 0 radical (unpaired) electrons. The van der Waals surface area contributed by atoms with Crippen LogP contribution in [0.2, 0.25) is 0 Å². The molecule has 20 heavy (non-hydrogen) atoms. The molecule has 2 aromatic heterocycles. The number of rotatable bonds is 4. The Morgan fingerprint density at radius 3 is 3.05 bits per heavy atom. The highest BCUT2D eigenvalue weighted by Crippen LogP contribution is 2.24. The fourth-order valence-corrected chi connectivity index (χ4v) is 3.57. The molecule has 4 nitrogen and oxygen atoms in total. The Labute approximate surface area is 123 Å². The van der Waals surface area contributed by atoms with Crippen LogP contribution in [-0.4, -0.2) is 34.5 Å². The van der Waals surface area contributed by atoms with E-state index in [0.717, 1.165) is 44.0 Å². The maximum atomic E-state index is 5.78. The van der Waals surface area contributed by atoms with Crippen molar-refractivity contribution in [3.8, 4) is 0 Å². The maximum Gasteiger partial charge on any atom is 0.180 e. The summed E-state index contributed by atoms with van der Waals surface area (Å²) in [6.07, 6.45) is 8.22. The monoisotopic (exact) mass is 288 g/mol. The molecular weight excluding hydrogens is 268 g/mol. The largest absolute Gasteiger partial charge is 0.375 e. The average molecular weight is 288 g/mol. The molecule has 2 N–H and O–H groups in total. The van der Waals surface area contributed by atoms with Gasteiger partial charge in [0.2, 0.25) is 0 Å². The highest BCUT2D eigenvalue weighted by Gasteiger charge is 2.17. The van der Waals surface area contributed by atoms with E-state index in [1.165, 1.54) is 22.6 Å². The molecule has 0 saturated carbocycles. The molecule has 1 aliphatic rings. The average Bonchev–Trinajstić information content (AvgIpc) is 2.72. The summed E-state index contributed by atoms with van der Waals surface area (Å²) in [5.41, 5.74) is 8.33. The Morgan fingerprint density at radius 1 is 1.30 bits per heavy atom. The maximum absolute atomic E-state index is 5.78. The molecule has 0 aromatic carbocycles. The molecule has 3 rings (SSSR count). The number of aromatic nitrogens is 2. The summed E-state index contributed by atoms with van der Waals surface area (Å²) < 4.78 is 0. The number of hydrogen-bond acceptors (Lipinski definition) is 5. The molecule has 0 atom stereocenters. The molecule has 0 saturated heterocycles. The number of aryl methyl sites for hydroxylation is 1. The number of fused-ring (bicyclic) bond motifs is 1. The number of hydrogen-bond donors (Lipinski definition) is 1. The van der Waals surface area contributed by atoms with Crippen molar-refractivity contribution in [2.45, 2.75) is 25.7 Å². The third kappa shape index (κ3) is 3.35. The molecular formula is C15H20N4S. The van der Waals surface area contributed by atoms with Crippen molar-refractivity contribution in [2.75, 3.05) is 25.4 Å². The normalized spacial score (nSPS) is 15.8. The fourth-order valence-electron chi connectivity index (χ4n) is 2.71. The van der Waals surface area contributed by atoms with Gasteiger partial charge in [0.05, 0.1) is 5.69 Å². The first-order valence-corrected chi connectivity index (χ1v) is 7.98. The first-order valence-electron chi connectivity index (χ1n) is 7.16. The highest BCUT2D eigenvalue weighted by molar-refractivity contribution is 7.15. The molecule has 3 heterocycles. The van der Waals surface area contributed by atoms with Crippen LogP contribution in [0.3, 0.4) is 0 Å². The lowest BCUT2D eigenvalue weighted by Crippen LogP contribution is -2.28. The van der Waals surface area contributed by atoms with Gasteiger partial charge < -0.3 is 10.6 Å². The van der Waals surface area contributed by atoms with Crippen LogP contribution in [0, 0.1) is 0 Å². The van der Waals surface area contributed by atoms with Gasteiger partial charge in [0.25, 0.3) is 0 Å². The number of nitrogen functional groups attached to an aromatic ring is 1. The third-order valence-corrected chi connectivity index (χ3v) is 4.76. The van der Waals surface area contributed by atoms with Crippen LogP contribution in [0.4, 0.5) is 5.13 Å². The van der Waals surface area contributed by atoms with Crippen LogP contribution < -0.4 is 5.73 Å². The van der Waals surface area contributed by atoms with E-state index in [-0.39, 0.29) is 0 Å². The lowest BCUT2D eigenvalue weighted by atomic mass is 10.1. The molecule has 0 aliphatic carbocycles. The second kappa shape index (κ2) is 6.33. The van der Waals surface area contributed by atoms with Crippen LogP contribution in [0.15, 0.2) is 24.5 Å². The Morgan fingerprint density at radius 2 is 2.20 bits per heavy atom. The fraction of sp³-hybridized carbons (Fsp3) is 0.467. The van der Waals surface area contributed by atoms with Crippen molar-refractivity contribution in [1.82, 2.24) is 14.9 Å². The lowest BCUT2D eigenvalue weighted by molar-refractivity contribution is 0.283. The Balaban J connectivity index is 1.47. The van der Waals surface area contributed by atoms with Gasteiger partial charge in [-0.3, -0.25) is 4.98 Å². The zero-order valence-electron chi connectivity index (χ0n) is 11.6. The molecule has 0 spiro atoms. The van der Waals surface area contributed by atoms with Crippen molar-refractivity contribution in [3.05, 3.63) is 40.7 Å². The van der Waals surface area contributed by atoms with Crippen molar-refractivity contribution < 1.29 is 0 Å². The lowest BCUT2D eigenvalue weighted by Gasteiger charge is -2.19. The van der Waals surface area contributed by atoms with Gasteiger partial charge in [0, 0.05) is 36.8 Å². The topological polar surface area (TPSA) is 55.0 Å². The number of thiazole rings is 1. The summed E-state index contributed by atoms with van der Waals surface area (Å²) in [6, 6.07) is 4.16. The predicted octanol–water partition coefficient (Wildman–Crippen LogP) is 2.15. The van der Waals surface area contributed by atoms with E-state index in [4.69, 9.17) is 5.73 Å². The Hall–Kier alpha value is -1.46. The minimum Gasteiger partial charge on any atom is -0.375 e. The molecule has 0 fully saturated rings. The quantitative estimate of drug-likeness (QED) is 0.936. The zero-order valence-corrected chi connectivity index (χ0v) is 12.4. The summed E-state index contributed by atoms with van der Waals surface area (Å²) in [5.74, 6) is 0. The van der Waals surface area contributed by atoms with Gasteiger partial charge in [0.15, 0.2) is 5.13 Å². The van der Waals surface area contributed by atoms with Crippen LogP contribution in [0.1, 0.15) is 22.6 Å². The Kier molecular flexibility index (Phi) is 4.28. The number of anilines is 1. The van der Waals surface area contributed by atoms with Gasteiger partial charge in [-0.05, 0) is 37.4 Å². The zero-order chi connectivity index (χ0) is 13.8. The first kappa shape index (κ1) is 13.5. The highest BCUT2D eigenvalue weighted by atomic mass is 32.1. The summed E-state index contributed by atoms with van der Waals surface area (Å²) in [5, 5.41) is 0.722. The first-order chi connectivity index (χ1) is 9.81.